The lowest BCUT2D eigenvalue weighted by molar-refractivity contribution is 0.0512. The van der Waals surface area contributed by atoms with Crippen LogP contribution in [0.3, 0.4) is 0 Å². The van der Waals surface area contributed by atoms with E-state index in [1.165, 1.54) is 17.8 Å². The first kappa shape index (κ1) is 16.3. The van der Waals surface area contributed by atoms with Crippen molar-refractivity contribution >= 4 is 34.6 Å². The number of para-hydroxylation sites is 2. The van der Waals surface area contributed by atoms with Gasteiger partial charge in [-0.1, -0.05) is 23.9 Å². The van der Waals surface area contributed by atoms with Gasteiger partial charge in [0.1, 0.15) is 5.52 Å². The van der Waals surface area contributed by atoms with Crippen molar-refractivity contribution in [2.45, 2.75) is 17.9 Å². The molecule has 3 aromatic heterocycles. The number of carbonyl (C=O) groups excluding carboxylic acids is 1. The number of carbonyl (C=O) groups is 1. The van der Waals surface area contributed by atoms with Gasteiger partial charge < -0.3 is 9.15 Å². The Hall–Kier alpha value is -3.14. The van der Waals surface area contributed by atoms with Crippen molar-refractivity contribution in [3.8, 4) is 0 Å². The highest BCUT2D eigenvalue weighted by Crippen LogP contribution is 2.25. The van der Waals surface area contributed by atoms with E-state index in [1.54, 1.807) is 6.92 Å². The number of aromatic amines is 1. The summed E-state index contributed by atoms with van der Waals surface area (Å²) in [6.45, 7) is 1.90. The summed E-state index contributed by atoms with van der Waals surface area (Å²) in [6, 6.07) is 8.82. The zero-order valence-corrected chi connectivity index (χ0v) is 14.4. The largest absolute Gasteiger partial charge is 0.460 e. The highest BCUT2D eigenvalue weighted by molar-refractivity contribution is 7.98. The van der Waals surface area contributed by atoms with Crippen molar-refractivity contribution in [3.63, 3.8) is 0 Å². The molecule has 0 amide bonds. The van der Waals surface area contributed by atoms with Crippen molar-refractivity contribution in [1.29, 1.82) is 0 Å². The van der Waals surface area contributed by atoms with E-state index in [2.05, 4.69) is 20.1 Å². The van der Waals surface area contributed by atoms with Gasteiger partial charge in [0.25, 0.3) is 16.6 Å². The number of thioether (sulfide) groups is 1. The van der Waals surface area contributed by atoms with Gasteiger partial charge >= 0.3 is 5.97 Å². The molecule has 4 rings (SSSR count). The standard InChI is InChI=1S/C16H13N5O4S/c1-2-24-14(23)13-19-15-17-9(7-12(22)21(15)20-13)8-26-16-18-10-5-3-4-6-11(10)25-16/h3-7H,2,8H2,1H3,(H,17,19,20). The van der Waals surface area contributed by atoms with E-state index >= 15 is 0 Å². The molecule has 4 aromatic rings. The highest BCUT2D eigenvalue weighted by atomic mass is 32.2. The average Bonchev–Trinajstić information content (AvgIpc) is 3.24. The molecule has 0 bridgehead atoms. The first-order chi connectivity index (χ1) is 12.6. The lowest BCUT2D eigenvalue weighted by atomic mass is 10.3. The van der Waals surface area contributed by atoms with Crippen molar-refractivity contribution in [2.75, 3.05) is 6.61 Å². The van der Waals surface area contributed by atoms with Crippen LogP contribution < -0.4 is 5.56 Å². The Balaban J connectivity index is 1.58. The first-order valence-electron chi connectivity index (χ1n) is 7.78. The van der Waals surface area contributed by atoms with Gasteiger partial charge in [-0.3, -0.25) is 9.89 Å². The third-order valence-corrected chi connectivity index (χ3v) is 4.33. The molecule has 10 heteroatoms. The smallest absolute Gasteiger partial charge is 0.375 e. The molecular weight excluding hydrogens is 358 g/mol. The van der Waals surface area contributed by atoms with E-state index in [1.807, 2.05) is 24.3 Å². The van der Waals surface area contributed by atoms with Crippen molar-refractivity contribution < 1.29 is 13.9 Å². The number of fused-ring (bicyclic) bond motifs is 2. The summed E-state index contributed by atoms with van der Waals surface area (Å²) in [5, 5.41) is 3.07. The van der Waals surface area contributed by atoms with Gasteiger partial charge in [-0.25, -0.2) is 14.8 Å². The number of oxazole rings is 1. The molecule has 0 atom stereocenters. The van der Waals surface area contributed by atoms with Gasteiger partial charge in [-0.15, -0.1) is 0 Å². The topological polar surface area (TPSA) is 115 Å². The second-order valence-electron chi connectivity index (χ2n) is 5.25. The second-order valence-corrected chi connectivity index (χ2v) is 6.18. The number of ether oxygens (including phenoxy) is 1. The molecule has 9 nitrogen and oxygen atoms in total. The van der Waals surface area contributed by atoms with Crippen LogP contribution in [0.15, 0.2) is 44.8 Å². The Morgan fingerprint density at radius 1 is 1.31 bits per heavy atom. The molecule has 1 N–H and O–H groups in total. The first-order valence-corrected chi connectivity index (χ1v) is 8.77. The quantitative estimate of drug-likeness (QED) is 0.418. The maximum absolute atomic E-state index is 12.2. The summed E-state index contributed by atoms with van der Waals surface area (Å²) in [4.78, 5) is 36.6. The van der Waals surface area contributed by atoms with Crippen molar-refractivity contribution in [1.82, 2.24) is 24.6 Å². The lowest BCUT2D eigenvalue weighted by Gasteiger charge is -1.97. The summed E-state index contributed by atoms with van der Waals surface area (Å²) < 4.78 is 11.6. The van der Waals surface area contributed by atoms with E-state index < -0.39 is 5.97 Å². The third-order valence-electron chi connectivity index (χ3n) is 3.47. The number of esters is 1. The highest BCUT2D eigenvalue weighted by Gasteiger charge is 2.15. The van der Waals surface area contributed by atoms with Crippen LogP contribution in [0.1, 0.15) is 23.2 Å². The van der Waals surface area contributed by atoms with Gasteiger partial charge in [0, 0.05) is 11.8 Å². The Morgan fingerprint density at radius 2 is 2.15 bits per heavy atom. The minimum Gasteiger partial charge on any atom is -0.460 e. The van der Waals surface area contributed by atoms with Crippen LogP contribution >= 0.6 is 11.8 Å². The second kappa shape index (κ2) is 6.64. The van der Waals surface area contributed by atoms with E-state index in [9.17, 15) is 9.59 Å². The Morgan fingerprint density at radius 3 is 2.96 bits per heavy atom. The maximum Gasteiger partial charge on any atom is 0.375 e. The number of aromatic nitrogens is 5. The molecule has 3 heterocycles. The normalized spacial score (nSPS) is 11.3. The predicted octanol–water partition coefficient (Wildman–Crippen LogP) is 2.03. The summed E-state index contributed by atoms with van der Waals surface area (Å²) >= 11 is 1.32. The molecule has 132 valence electrons. The molecule has 26 heavy (non-hydrogen) atoms. The minimum absolute atomic E-state index is 0.0693. The summed E-state index contributed by atoms with van der Waals surface area (Å²) in [6.07, 6.45) is 0. The Kier molecular flexibility index (Phi) is 4.17. The fourth-order valence-electron chi connectivity index (χ4n) is 2.34. The fourth-order valence-corrected chi connectivity index (χ4v) is 3.07. The fraction of sp³-hybridized carbons (Fsp3) is 0.188. The molecule has 0 fully saturated rings. The minimum atomic E-state index is -0.639. The lowest BCUT2D eigenvalue weighted by Crippen LogP contribution is -2.16. The number of benzene rings is 1. The van der Waals surface area contributed by atoms with Crippen LogP contribution in [0, 0.1) is 0 Å². The Bertz CT molecular complexity index is 1130. The number of H-pyrrole nitrogens is 1. The van der Waals surface area contributed by atoms with E-state index in [4.69, 9.17) is 9.15 Å². The molecule has 0 aliphatic rings. The van der Waals surface area contributed by atoms with E-state index in [0.717, 1.165) is 10.0 Å². The Labute approximate surface area is 150 Å². The summed E-state index contributed by atoms with van der Waals surface area (Å²) in [5.74, 6) is -0.228. The number of nitrogens with one attached hydrogen (secondary N) is 1. The van der Waals surface area contributed by atoms with Crippen LogP contribution in [-0.4, -0.2) is 37.1 Å². The van der Waals surface area contributed by atoms with Gasteiger partial charge in [0.05, 0.1) is 12.3 Å². The van der Waals surface area contributed by atoms with Crippen LogP contribution in [-0.2, 0) is 10.5 Å². The number of rotatable bonds is 5. The molecule has 0 aliphatic carbocycles. The van der Waals surface area contributed by atoms with Crippen molar-refractivity contribution in [3.05, 3.63) is 52.2 Å². The molecule has 0 aliphatic heterocycles. The predicted molar refractivity (Wildman–Crippen MR) is 93.1 cm³/mol. The summed E-state index contributed by atoms with van der Waals surface area (Å²) in [5.41, 5.74) is 1.60. The zero-order valence-electron chi connectivity index (χ0n) is 13.6. The van der Waals surface area contributed by atoms with Gasteiger partial charge in [-0.05, 0) is 19.1 Å². The van der Waals surface area contributed by atoms with Gasteiger partial charge in [0.2, 0.25) is 5.82 Å². The molecule has 0 unspecified atom stereocenters. The molecule has 1 aromatic carbocycles. The van der Waals surface area contributed by atoms with Crippen LogP contribution in [0.2, 0.25) is 0 Å². The SMILES string of the molecule is CCOC(=O)c1nc2nc(CSc3nc4ccccc4o3)cc(=O)n2[nH]1. The molecule has 0 saturated carbocycles. The monoisotopic (exact) mass is 371 g/mol. The van der Waals surface area contributed by atoms with Crippen LogP contribution in [0.4, 0.5) is 0 Å². The molecular formula is C16H13N5O4S. The molecule has 0 saturated heterocycles. The molecule has 0 spiro atoms. The average molecular weight is 371 g/mol. The van der Waals surface area contributed by atoms with E-state index in [0.29, 0.717) is 22.3 Å². The van der Waals surface area contributed by atoms with Gasteiger partial charge in [-0.2, -0.15) is 9.50 Å². The third kappa shape index (κ3) is 3.06. The van der Waals surface area contributed by atoms with Crippen LogP contribution in [0.5, 0.6) is 0 Å². The summed E-state index contributed by atoms with van der Waals surface area (Å²) in [7, 11) is 0. The van der Waals surface area contributed by atoms with Crippen LogP contribution in [0.25, 0.3) is 16.9 Å². The number of hydrogen-bond acceptors (Lipinski definition) is 8. The molecule has 0 radical (unpaired) electrons. The van der Waals surface area contributed by atoms with Crippen molar-refractivity contribution in [2.24, 2.45) is 0 Å². The maximum atomic E-state index is 12.2. The number of hydrogen-bond donors (Lipinski definition) is 1. The van der Waals surface area contributed by atoms with E-state index in [-0.39, 0.29) is 23.8 Å². The van der Waals surface area contributed by atoms with Gasteiger partial charge in [0.15, 0.2) is 5.58 Å². The number of nitrogens with zero attached hydrogens (tertiary/aromatic N) is 4. The zero-order chi connectivity index (χ0) is 18.1.